The van der Waals surface area contributed by atoms with E-state index in [0.29, 0.717) is 11.4 Å². The Morgan fingerprint density at radius 3 is 1.93 bits per heavy atom. The number of ether oxygens (including phenoxy) is 1. The van der Waals surface area contributed by atoms with Crippen molar-refractivity contribution < 1.29 is 51.2 Å². The highest BCUT2D eigenvalue weighted by Gasteiger charge is 2.42. The van der Waals surface area contributed by atoms with Crippen LogP contribution in [-0.2, 0) is 12.4 Å². The number of amides is 1. The van der Waals surface area contributed by atoms with Crippen molar-refractivity contribution in [2.24, 2.45) is 0 Å². The molecule has 0 bridgehead atoms. The van der Waals surface area contributed by atoms with Crippen LogP contribution in [0.25, 0.3) is 0 Å². The monoisotopic (exact) mass is 457 g/mol. The van der Waals surface area contributed by atoms with Crippen molar-refractivity contribution in [1.82, 2.24) is 0 Å². The number of anilines is 1. The Morgan fingerprint density at radius 2 is 1.50 bits per heavy atom. The first-order valence-corrected chi connectivity index (χ1v) is 8.43. The first-order valence-electron chi connectivity index (χ1n) is 7.85. The van der Waals surface area contributed by atoms with Gasteiger partial charge in [-0.15, -0.1) is 9.24 Å². The van der Waals surface area contributed by atoms with Crippen molar-refractivity contribution in [2.75, 3.05) is 4.90 Å². The van der Waals surface area contributed by atoms with E-state index in [-0.39, 0.29) is 11.0 Å². The standard InChI is InChI=1S/C17H14F6NO5P/c1-8-6-9(15(18,19)20)7-12(16(21,22)23)13(8)29-14(25)24(17(26,27)28)10-2-4-11(30)5-3-10/h2-7,26-28H,30H2,1H3. The van der Waals surface area contributed by atoms with Crippen LogP contribution in [0.3, 0.4) is 0 Å². The van der Waals surface area contributed by atoms with Crippen molar-refractivity contribution in [2.45, 2.75) is 25.4 Å². The van der Waals surface area contributed by atoms with Gasteiger partial charge in [0.2, 0.25) is 0 Å². The molecule has 3 N–H and O–H groups in total. The van der Waals surface area contributed by atoms with Crippen LogP contribution in [0.5, 0.6) is 5.75 Å². The Morgan fingerprint density at radius 1 is 0.967 bits per heavy atom. The first kappa shape index (κ1) is 23.9. The fraction of sp³-hybridized carbons (Fsp3) is 0.235. The third-order valence-electron chi connectivity index (χ3n) is 3.73. The molecular weight excluding hydrogens is 443 g/mol. The average Bonchev–Trinajstić information content (AvgIpc) is 2.55. The molecule has 0 aliphatic heterocycles. The number of hydrogen-bond acceptors (Lipinski definition) is 5. The molecule has 0 saturated carbocycles. The normalized spacial score (nSPS) is 12.6. The van der Waals surface area contributed by atoms with Gasteiger partial charge in [-0.25, -0.2) is 4.79 Å². The van der Waals surface area contributed by atoms with E-state index in [1.165, 1.54) is 12.1 Å². The maximum absolute atomic E-state index is 13.3. The number of rotatable bonds is 3. The van der Waals surface area contributed by atoms with Crippen molar-refractivity contribution >= 4 is 26.3 Å². The summed E-state index contributed by atoms with van der Waals surface area (Å²) < 4.78 is 83.2. The van der Waals surface area contributed by atoms with E-state index in [0.717, 1.165) is 19.1 Å². The highest BCUT2D eigenvalue weighted by Crippen LogP contribution is 2.42. The van der Waals surface area contributed by atoms with Crippen LogP contribution in [-0.4, -0.2) is 27.5 Å². The van der Waals surface area contributed by atoms with Crippen LogP contribution in [0.2, 0.25) is 0 Å². The Kier molecular flexibility index (Phi) is 6.39. The SMILES string of the molecule is Cc1cc(C(F)(F)F)cc(C(F)(F)F)c1OC(=O)N(c1ccc(P)cc1)C(O)(O)O. The van der Waals surface area contributed by atoms with Crippen LogP contribution < -0.4 is 14.9 Å². The van der Waals surface area contributed by atoms with Gasteiger partial charge in [-0.1, -0.05) is 12.1 Å². The molecule has 0 spiro atoms. The van der Waals surface area contributed by atoms with Gasteiger partial charge in [-0.3, -0.25) is 0 Å². The van der Waals surface area contributed by atoms with E-state index in [2.05, 4.69) is 14.0 Å². The van der Waals surface area contributed by atoms with Gasteiger partial charge in [-0.2, -0.15) is 31.2 Å². The molecule has 0 aliphatic rings. The van der Waals surface area contributed by atoms with Gasteiger partial charge in [-0.05, 0) is 42.1 Å². The second-order valence-electron chi connectivity index (χ2n) is 6.06. The number of carbonyl (C=O) groups is 1. The van der Waals surface area contributed by atoms with E-state index >= 15 is 0 Å². The zero-order valence-electron chi connectivity index (χ0n) is 14.9. The predicted molar refractivity (Wildman–Crippen MR) is 94.9 cm³/mol. The van der Waals surface area contributed by atoms with Gasteiger partial charge in [0.15, 0.2) is 0 Å². The second-order valence-corrected chi connectivity index (χ2v) is 6.73. The summed E-state index contributed by atoms with van der Waals surface area (Å²) in [5.41, 5.74) is -4.63. The number of halogens is 6. The maximum Gasteiger partial charge on any atom is 0.426 e. The Balaban J connectivity index is 2.56. The molecule has 0 fully saturated rings. The second kappa shape index (κ2) is 8.03. The molecule has 0 saturated heterocycles. The minimum absolute atomic E-state index is 0.200. The molecule has 0 heterocycles. The smallest absolute Gasteiger partial charge is 0.409 e. The quantitative estimate of drug-likeness (QED) is 0.375. The molecule has 0 radical (unpaired) electrons. The van der Waals surface area contributed by atoms with E-state index in [4.69, 9.17) is 0 Å². The summed E-state index contributed by atoms with van der Waals surface area (Å²) in [6, 6.07) is 4.98. The summed E-state index contributed by atoms with van der Waals surface area (Å²) in [6.07, 6.45) is -16.2. The summed E-state index contributed by atoms with van der Waals surface area (Å²) in [5.74, 6) is -1.29. The molecule has 2 aromatic rings. The van der Waals surface area contributed by atoms with Crippen molar-refractivity contribution in [3.8, 4) is 5.75 Å². The largest absolute Gasteiger partial charge is 0.426 e. The summed E-state index contributed by atoms with van der Waals surface area (Å²) in [7, 11) is 2.27. The number of benzene rings is 2. The molecule has 30 heavy (non-hydrogen) atoms. The molecule has 13 heteroatoms. The molecule has 1 atom stereocenters. The Labute approximate surface area is 167 Å². The first-order chi connectivity index (χ1) is 13.5. The minimum atomic E-state index is -5.34. The summed E-state index contributed by atoms with van der Waals surface area (Å²) in [5, 5.41) is 28.9. The average molecular weight is 457 g/mol. The lowest BCUT2D eigenvalue weighted by atomic mass is 10.0. The van der Waals surface area contributed by atoms with Crippen LogP contribution in [0, 0.1) is 6.92 Å². The number of aliphatic hydroxyl groups is 3. The van der Waals surface area contributed by atoms with Gasteiger partial charge < -0.3 is 20.1 Å². The molecule has 0 aliphatic carbocycles. The topological polar surface area (TPSA) is 90.2 Å². The number of carbonyl (C=O) groups excluding carboxylic acids is 1. The third-order valence-corrected chi connectivity index (χ3v) is 4.12. The molecule has 1 amide bonds. The fourth-order valence-electron chi connectivity index (χ4n) is 2.44. The van der Waals surface area contributed by atoms with Gasteiger partial charge >= 0.3 is 24.5 Å². The van der Waals surface area contributed by atoms with Gasteiger partial charge in [0.05, 0.1) is 16.8 Å². The summed E-state index contributed by atoms with van der Waals surface area (Å²) in [6.45, 7) is 0.838. The lowest BCUT2D eigenvalue weighted by Gasteiger charge is -2.30. The molecule has 0 aromatic heterocycles. The van der Waals surface area contributed by atoms with Crippen LogP contribution >= 0.6 is 9.24 Å². The molecule has 164 valence electrons. The van der Waals surface area contributed by atoms with E-state index in [9.17, 15) is 46.5 Å². The predicted octanol–water partition coefficient (Wildman–Crippen LogP) is 3.13. The van der Waals surface area contributed by atoms with Gasteiger partial charge in [0.25, 0.3) is 0 Å². The van der Waals surface area contributed by atoms with Crippen LogP contribution in [0.1, 0.15) is 16.7 Å². The zero-order chi connectivity index (χ0) is 23.1. The minimum Gasteiger partial charge on any atom is -0.409 e. The van der Waals surface area contributed by atoms with Crippen molar-refractivity contribution in [3.63, 3.8) is 0 Å². The van der Waals surface area contributed by atoms with Crippen molar-refractivity contribution in [1.29, 1.82) is 0 Å². The zero-order valence-corrected chi connectivity index (χ0v) is 16.1. The number of hydrogen-bond donors (Lipinski definition) is 3. The lowest BCUT2D eigenvalue weighted by Crippen LogP contribution is -2.53. The van der Waals surface area contributed by atoms with Crippen molar-refractivity contribution in [3.05, 3.63) is 53.1 Å². The van der Waals surface area contributed by atoms with E-state index in [1.807, 2.05) is 0 Å². The number of nitrogens with zero attached hydrogens (tertiary/aromatic N) is 1. The van der Waals surface area contributed by atoms with Crippen LogP contribution in [0.15, 0.2) is 36.4 Å². The van der Waals surface area contributed by atoms with Gasteiger partial charge in [0, 0.05) is 0 Å². The fourth-order valence-corrected chi connectivity index (χ4v) is 2.63. The molecular formula is C17H14F6NO5P. The highest BCUT2D eigenvalue weighted by atomic mass is 31.0. The van der Waals surface area contributed by atoms with E-state index in [1.54, 1.807) is 0 Å². The Hall–Kier alpha value is -2.40. The molecule has 6 nitrogen and oxygen atoms in total. The maximum atomic E-state index is 13.3. The van der Waals surface area contributed by atoms with Crippen LogP contribution in [0.4, 0.5) is 36.8 Å². The number of alkyl halides is 6. The molecule has 1 unspecified atom stereocenters. The lowest BCUT2D eigenvalue weighted by molar-refractivity contribution is -0.304. The molecule has 2 aromatic carbocycles. The third kappa shape index (κ3) is 5.39. The highest BCUT2D eigenvalue weighted by molar-refractivity contribution is 7.27. The van der Waals surface area contributed by atoms with E-state index < -0.39 is 52.7 Å². The molecule has 2 rings (SSSR count). The van der Waals surface area contributed by atoms with Gasteiger partial charge in [0.1, 0.15) is 5.75 Å². The summed E-state index contributed by atoms with van der Waals surface area (Å²) in [4.78, 5) is 12.2. The summed E-state index contributed by atoms with van der Waals surface area (Å²) >= 11 is 0. The Bertz CT molecular complexity index is 938. The number of aryl methyl sites for hydroxylation is 1.